The van der Waals surface area contributed by atoms with E-state index in [1.165, 1.54) is 44.9 Å². The SMILES string of the molecule is C#CCC1(OC(=O)CC(C)NCCCCCCCC)CCCCC1. The topological polar surface area (TPSA) is 38.3 Å². The minimum Gasteiger partial charge on any atom is -0.458 e. The van der Waals surface area contributed by atoms with Gasteiger partial charge in [-0.25, -0.2) is 0 Å². The van der Waals surface area contributed by atoms with Gasteiger partial charge in [0, 0.05) is 12.5 Å². The Morgan fingerprint density at radius 3 is 2.50 bits per heavy atom. The Balaban J connectivity index is 2.19. The van der Waals surface area contributed by atoms with Gasteiger partial charge in [0.25, 0.3) is 0 Å². The Morgan fingerprint density at radius 2 is 1.83 bits per heavy atom. The van der Waals surface area contributed by atoms with Crippen LogP contribution in [0.25, 0.3) is 0 Å². The molecule has 0 spiro atoms. The van der Waals surface area contributed by atoms with Gasteiger partial charge in [0.1, 0.15) is 5.60 Å². The molecule has 0 radical (unpaired) electrons. The molecule has 1 N–H and O–H groups in total. The zero-order valence-electron chi connectivity index (χ0n) is 15.9. The second kappa shape index (κ2) is 12.4. The number of esters is 1. The van der Waals surface area contributed by atoms with Crippen molar-refractivity contribution in [1.29, 1.82) is 0 Å². The zero-order chi connectivity index (χ0) is 17.7. The number of carbonyl (C=O) groups excluding carboxylic acids is 1. The van der Waals surface area contributed by atoms with Crippen LogP contribution in [0.3, 0.4) is 0 Å². The summed E-state index contributed by atoms with van der Waals surface area (Å²) in [5.41, 5.74) is -0.386. The number of ether oxygens (including phenoxy) is 1. The lowest BCUT2D eigenvalue weighted by molar-refractivity contribution is -0.163. The van der Waals surface area contributed by atoms with Gasteiger partial charge in [-0.1, -0.05) is 45.4 Å². The molecule has 1 atom stereocenters. The summed E-state index contributed by atoms with van der Waals surface area (Å²) in [5.74, 6) is 2.61. The lowest BCUT2D eigenvalue weighted by Gasteiger charge is -2.35. The Labute approximate surface area is 149 Å². The van der Waals surface area contributed by atoms with Crippen LogP contribution in [0.1, 0.15) is 97.3 Å². The van der Waals surface area contributed by atoms with Crippen LogP contribution < -0.4 is 5.32 Å². The first-order chi connectivity index (χ1) is 11.6. The van der Waals surface area contributed by atoms with Crippen molar-refractivity contribution < 1.29 is 9.53 Å². The minimum absolute atomic E-state index is 0.102. The molecule has 0 aliphatic heterocycles. The lowest BCUT2D eigenvalue weighted by atomic mass is 9.82. The van der Waals surface area contributed by atoms with Crippen LogP contribution in [0, 0.1) is 12.3 Å². The van der Waals surface area contributed by atoms with Crippen molar-refractivity contribution in [3.05, 3.63) is 0 Å². The highest BCUT2D eigenvalue weighted by molar-refractivity contribution is 5.70. The van der Waals surface area contributed by atoms with Gasteiger partial charge in [-0.15, -0.1) is 12.3 Å². The number of unbranched alkanes of at least 4 members (excludes halogenated alkanes) is 5. The van der Waals surface area contributed by atoms with Gasteiger partial charge in [-0.05, 0) is 45.6 Å². The van der Waals surface area contributed by atoms with Crippen LogP contribution in [-0.4, -0.2) is 24.2 Å². The van der Waals surface area contributed by atoms with Crippen LogP contribution in [-0.2, 0) is 9.53 Å². The molecule has 1 fully saturated rings. The van der Waals surface area contributed by atoms with E-state index in [0.717, 1.165) is 32.2 Å². The van der Waals surface area contributed by atoms with Crippen molar-refractivity contribution in [2.45, 2.75) is 109 Å². The Hall–Kier alpha value is -1.01. The molecule has 0 aromatic heterocycles. The summed E-state index contributed by atoms with van der Waals surface area (Å²) >= 11 is 0. The van der Waals surface area contributed by atoms with Gasteiger partial charge in [-0.3, -0.25) is 4.79 Å². The summed E-state index contributed by atoms with van der Waals surface area (Å²) in [4.78, 5) is 12.3. The number of terminal acetylenes is 1. The minimum atomic E-state index is -0.386. The fraction of sp³-hybridized carbons (Fsp3) is 0.857. The van der Waals surface area contributed by atoms with Crippen LogP contribution in [0.4, 0.5) is 0 Å². The molecule has 24 heavy (non-hydrogen) atoms. The van der Waals surface area contributed by atoms with Crippen molar-refractivity contribution in [3.63, 3.8) is 0 Å². The molecule has 1 aliphatic rings. The predicted molar refractivity (Wildman–Crippen MR) is 101 cm³/mol. The van der Waals surface area contributed by atoms with E-state index in [1.54, 1.807) is 0 Å². The molecule has 0 heterocycles. The molecule has 0 saturated heterocycles. The smallest absolute Gasteiger partial charge is 0.307 e. The summed E-state index contributed by atoms with van der Waals surface area (Å²) in [6, 6.07) is 0.166. The van der Waals surface area contributed by atoms with Crippen LogP contribution >= 0.6 is 0 Å². The van der Waals surface area contributed by atoms with E-state index in [4.69, 9.17) is 11.2 Å². The molecule has 3 heteroatoms. The fourth-order valence-electron chi connectivity index (χ4n) is 3.56. The average molecular weight is 336 g/mol. The van der Waals surface area contributed by atoms with E-state index < -0.39 is 0 Å². The molecule has 0 amide bonds. The van der Waals surface area contributed by atoms with Gasteiger partial charge in [-0.2, -0.15) is 0 Å². The van der Waals surface area contributed by atoms with Crippen molar-refractivity contribution in [2.75, 3.05) is 6.54 Å². The summed E-state index contributed by atoms with van der Waals surface area (Å²) in [5, 5.41) is 3.45. The molecule has 1 saturated carbocycles. The van der Waals surface area contributed by atoms with Gasteiger partial charge >= 0.3 is 5.97 Å². The molecular weight excluding hydrogens is 298 g/mol. The van der Waals surface area contributed by atoms with E-state index >= 15 is 0 Å². The molecule has 1 aliphatic carbocycles. The van der Waals surface area contributed by atoms with Gasteiger partial charge in [0.2, 0.25) is 0 Å². The van der Waals surface area contributed by atoms with E-state index in [-0.39, 0.29) is 17.6 Å². The summed E-state index contributed by atoms with van der Waals surface area (Å²) in [6.07, 6.45) is 19.5. The van der Waals surface area contributed by atoms with Crippen LogP contribution in [0.5, 0.6) is 0 Å². The first-order valence-corrected chi connectivity index (χ1v) is 10.0. The van der Waals surface area contributed by atoms with E-state index in [0.29, 0.717) is 12.8 Å². The van der Waals surface area contributed by atoms with Crippen LogP contribution in [0.15, 0.2) is 0 Å². The number of hydrogen-bond acceptors (Lipinski definition) is 3. The normalized spacial score (nSPS) is 17.9. The standard InChI is InChI=1S/C21H37NO2/c1-4-6-7-8-9-13-17-22-19(3)18-20(23)24-21(14-5-2)15-11-10-12-16-21/h2,19,22H,4,6-18H2,1,3H3. The monoisotopic (exact) mass is 335 g/mol. The predicted octanol–water partition coefficient (Wildman–Crippen LogP) is 4.98. The third-order valence-corrected chi connectivity index (χ3v) is 5.02. The van der Waals surface area contributed by atoms with E-state index in [1.807, 2.05) is 0 Å². The number of nitrogens with one attached hydrogen (secondary N) is 1. The Bertz CT molecular complexity index is 380. The van der Waals surface area contributed by atoms with Crippen LogP contribution in [0.2, 0.25) is 0 Å². The highest BCUT2D eigenvalue weighted by atomic mass is 16.6. The highest BCUT2D eigenvalue weighted by Gasteiger charge is 2.35. The average Bonchev–Trinajstić information content (AvgIpc) is 2.54. The lowest BCUT2D eigenvalue weighted by Crippen LogP contribution is -2.39. The molecule has 0 bridgehead atoms. The molecule has 1 unspecified atom stereocenters. The number of hydrogen-bond donors (Lipinski definition) is 1. The molecule has 0 aromatic rings. The first-order valence-electron chi connectivity index (χ1n) is 10.0. The van der Waals surface area contributed by atoms with Crippen molar-refractivity contribution in [1.82, 2.24) is 5.32 Å². The second-order valence-electron chi connectivity index (χ2n) is 7.43. The molecule has 138 valence electrons. The first kappa shape index (κ1) is 21.0. The van der Waals surface area contributed by atoms with Crippen molar-refractivity contribution in [2.24, 2.45) is 0 Å². The molecule has 3 nitrogen and oxygen atoms in total. The van der Waals surface area contributed by atoms with E-state index in [2.05, 4.69) is 25.1 Å². The molecular formula is C21H37NO2. The molecule has 0 aromatic carbocycles. The third-order valence-electron chi connectivity index (χ3n) is 5.02. The Kier molecular flexibility index (Phi) is 10.8. The zero-order valence-corrected chi connectivity index (χ0v) is 15.9. The Morgan fingerprint density at radius 1 is 1.17 bits per heavy atom. The summed E-state index contributed by atoms with van der Waals surface area (Å²) < 4.78 is 5.84. The largest absolute Gasteiger partial charge is 0.458 e. The van der Waals surface area contributed by atoms with E-state index in [9.17, 15) is 4.79 Å². The van der Waals surface area contributed by atoms with Gasteiger partial charge in [0.05, 0.1) is 6.42 Å². The number of rotatable bonds is 12. The van der Waals surface area contributed by atoms with Gasteiger partial charge in [0.15, 0.2) is 0 Å². The number of carbonyl (C=O) groups is 1. The fourth-order valence-corrected chi connectivity index (χ4v) is 3.56. The van der Waals surface area contributed by atoms with Gasteiger partial charge < -0.3 is 10.1 Å². The maximum atomic E-state index is 12.3. The maximum Gasteiger partial charge on any atom is 0.307 e. The summed E-state index contributed by atoms with van der Waals surface area (Å²) in [7, 11) is 0. The third kappa shape index (κ3) is 8.73. The van der Waals surface area contributed by atoms with Crippen molar-refractivity contribution in [3.8, 4) is 12.3 Å². The van der Waals surface area contributed by atoms with Crippen molar-refractivity contribution >= 4 is 5.97 Å². The second-order valence-corrected chi connectivity index (χ2v) is 7.43. The highest BCUT2D eigenvalue weighted by Crippen LogP contribution is 2.34. The quantitative estimate of drug-likeness (QED) is 0.310. The molecule has 1 rings (SSSR count). The summed E-state index contributed by atoms with van der Waals surface area (Å²) in [6.45, 7) is 5.28. The maximum absolute atomic E-state index is 12.3.